The summed E-state index contributed by atoms with van der Waals surface area (Å²) >= 11 is 0. The molecule has 2 aliphatic rings. The fourth-order valence-electron chi connectivity index (χ4n) is 3.96. The number of nitrogens with zero attached hydrogens (tertiary/aromatic N) is 2. The molecule has 2 atom stereocenters. The van der Waals surface area contributed by atoms with Crippen LogP contribution >= 0.6 is 0 Å². The summed E-state index contributed by atoms with van der Waals surface area (Å²) in [7, 11) is 0. The Morgan fingerprint density at radius 2 is 2.05 bits per heavy atom. The van der Waals surface area contributed by atoms with Gasteiger partial charge in [-0.25, -0.2) is 4.98 Å². The maximum Gasteiger partial charge on any atom is 0.254 e. The lowest BCUT2D eigenvalue weighted by Crippen LogP contribution is -2.49. The Labute approximate surface area is 126 Å². The Balaban J connectivity index is 1.85. The molecule has 2 heterocycles. The van der Waals surface area contributed by atoms with Crippen molar-refractivity contribution < 1.29 is 4.79 Å². The van der Waals surface area contributed by atoms with Gasteiger partial charge in [0, 0.05) is 23.8 Å². The van der Waals surface area contributed by atoms with Gasteiger partial charge < -0.3 is 10.6 Å². The van der Waals surface area contributed by atoms with Crippen LogP contribution in [0, 0.1) is 5.92 Å². The fraction of sp³-hybridized carbons (Fsp3) is 0.647. The summed E-state index contributed by atoms with van der Waals surface area (Å²) in [5, 5.41) is 0. The number of rotatable bonds is 2. The van der Waals surface area contributed by atoms with Crippen molar-refractivity contribution in [1.29, 1.82) is 0 Å². The second-order valence-corrected chi connectivity index (χ2v) is 6.38. The van der Waals surface area contributed by atoms with Crippen LogP contribution in [0.1, 0.15) is 61.5 Å². The van der Waals surface area contributed by atoms with Gasteiger partial charge in [0.1, 0.15) is 5.82 Å². The molecule has 0 spiro atoms. The van der Waals surface area contributed by atoms with Gasteiger partial charge in [-0.05, 0) is 50.2 Å². The normalized spacial score (nSPS) is 25.5. The second kappa shape index (κ2) is 6.04. The molecule has 4 nitrogen and oxygen atoms in total. The number of aromatic nitrogens is 1. The molecule has 1 saturated heterocycles. The lowest BCUT2D eigenvalue weighted by molar-refractivity contribution is 0.0390. The molecule has 1 aromatic heterocycles. The quantitative estimate of drug-likeness (QED) is 0.909. The number of fused-ring (bicyclic) bond motifs is 1. The van der Waals surface area contributed by atoms with E-state index < -0.39 is 0 Å². The van der Waals surface area contributed by atoms with Gasteiger partial charge in [-0.15, -0.1) is 0 Å². The standard InChI is InChI=1S/C17H25N3O/c1-2-14-10-13(11-16(18)19-14)17(21)20-9-5-7-12-6-3-4-8-15(12)20/h10-12,15H,2-9H2,1H3,(H2,18,19)/t12-,15-/m1/s1. The number of likely N-dealkylation sites (tertiary alicyclic amines) is 1. The maximum atomic E-state index is 12.9. The first-order valence-electron chi connectivity index (χ1n) is 8.26. The lowest BCUT2D eigenvalue weighted by Gasteiger charge is -2.44. The molecule has 4 heteroatoms. The summed E-state index contributed by atoms with van der Waals surface area (Å²) in [5.41, 5.74) is 7.46. The Morgan fingerprint density at radius 3 is 2.86 bits per heavy atom. The van der Waals surface area contributed by atoms with Crippen LogP contribution in [0.4, 0.5) is 5.82 Å². The fourth-order valence-corrected chi connectivity index (χ4v) is 3.96. The van der Waals surface area contributed by atoms with Crippen molar-refractivity contribution >= 4 is 11.7 Å². The monoisotopic (exact) mass is 287 g/mol. The minimum absolute atomic E-state index is 0.149. The minimum Gasteiger partial charge on any atom is -0.384 e. The largest absolute Gasteiger partial charge is 0.384 e. The molecule has 0 unspecified atom stereocenters. The molecule has 114 valence electrons. The van der Waals surface area contributed by atoms with Crippen molar-refractivity contribution in [2.24, 2.45) is 5.92 Å². The van der Waals surface area contributed by atoms with Crippen LogP contribution in [0.15, 0.2) is 12.1 Å². The highest BCUT2D eigenvalue weighted by Gasteiger charge is 2.36. The van der Waals surface area contributed by atoms with E-state index in [1.165, 1.54) is 25.7 Å². The molecule has 0 radical (unpaired) electrons. The van der Waals surface area contributed by atoms with Crippen molar-refractivity contribution in [2.75, 3.05) is 12.3 Å². The molecular weight excluding hydrogens is 262 g/mol. The molecule has 1 aromatic rings. The molecule has 0 bridgehead atoms. The Hall–Kier alpha value is -1.58. The highest BCUT2D eigenvalue weighted by Crippen LogP contribution is 2.36. The van der Waals surface area contributed by atoms with Gasteiger partial charge in [-0.2, -0.15) is 0 Å². The highest BCUT2D eigenvalue weighted by molar-refractivity contribution is 5.95. The summed E-state index contributed by atoms with van der Waals surface area (Å²) < 4.78 is 0. The first-order valence-corrected chi connectivity index (χ1v) is 8.26. The van der Waals surface area contributed by atoms with Crippen molar-refractivity contribution in [1.82, 2.24) is 9.88 Å². The van der Waals surface area contributed by atoms with Gasteiger partial charge >= 0.3 is 0 Å². The summed E-state index contributed by atoms with van der Waals surface area (Å²) in [6.07, 6.45) is 8.25. The van der Waals surface area contributed by atoms with Crippen molar-refractivity contribution in [3.05, 3.63) is 23.4 Å². The van der Waals surface area contributed by atoms with Crippen molar-refractivity contribution in [3.8, 4) is 0 Å². The van der Waals surface area contributed by atoms with E-state index in [4.69, 9.17) is 5.73 Å². The van der Waals surface area contributed by atoms with Gasteiger partial charge in [0.25, 0.3) is 5.91 Å². The van der Waals surface area contributed by atoms with E-state index in [0.717, 1.165) is 31.5 Å². The van der Waals surface area contributed by atoms with Crippen LogP contribution in [0.25, 0.3) is 0 Å². The third kappa shape index (κ3) is 2.89. The molecule has 2 N–H and O–H groups in total. The third-order valence-electron chi connectivity index (χ3n) is 5.01. The number of aryl methyl sites for hydroxylation is 1. The van der Waals surface area contributed by atoms with E-state index in [-0.39, 0.29) is 5.91 Å². The lowest BCUT2D eigenvalue weighted by atomic mass is 9.78. The average Bonchev–Trinajstić information content (AvgIpc) is 2.53. The number of hydrogen-bond donors (Lipinski definition) is 1. The zero-order valence-electron chi connectivity index (χ0n) is 12.8. The van der Waals surface area contributed by atoms with Crippen molar-refractivity contribution in [2.45, 2.75) is 57.9 Å². The number of anilines is 1. The molecular formula is C17H25N3O. The van der Waals surface area contributed by atoms with Crippen LogP contribution in [-0.4, -0.2) is 28.4 Å². The van der Waals surface area contributed by atoms with Gasteiger partial charge in [0.05, 0.1) is 0 Å². The van der Waals surface area contributed by atoms with Crippen LogP contribution in [0.5, 0.6) is 0 Å². The number of hydrogen-bond acceptors (Lipinski definition) is 3. The number of amides is 1. The summed E-state index contributed by atoms with van der Waals surface area (Å²) in [6, 6.07) is 4.08. The first kappa shape index (κ1) is 14.4. The van der Waals surface area contributed by atoms with E-state index in [1.54, 1.807) is 6.07 Å². The SMILES string of the molecule is CCc1cc(C(=O)N2CCC[C@H]3CCCC[C@H]32)cc(N)n1. The van der Waals surface area contributed by atoms with E-state index >= 15 is 0 Å². The number of nitrogens with two attached hydrogens (primary N) is 1. The van der Waals surface area contributed by atoms with Crippen LogP contribution in [0.2, 0.25) is 0 Å². The zero-order valence-corrected chi connectivity index (χ0v) is 12.8. The smallest absolute Gasteiger partial charge is 0.254 e. The highest BCUT2D eigenvalue weighted by atomic mass is 16.2. The van der Waals surface area contributed by atoms with E-state index in [1.807, 2.05) is 13.0 Å². The Bertz CT molecular complexity index is 527. The van der Waals surface area contributed by atoms with Gasteiger partial charge in [0.2, 0.25) is 0 Å². The maximum absolute atomic E-state index is 12.9. The number of pyridine rings is 1. The van der Waals surface area contributed by atoms with E-state index in [2.05, 4.69) is 9.88 Å². The molecule has 0 aromatic carbocycles. The molecule has 1 aliphatic heterocycles. The number of carbonyl (C=O) groups excluding carboxylic acids is 1. The van der Waals surface area contributed by atoms with Crippen molar-refractivity contribution in [3.63, 3.8) is 0 Å². The zero-order chi connectivity index (χ0) is 14.8. The summed E-state index contributed by atoms with van der Waals surface area (Å²) in [4.78, 5) is 19.3. The van der Waals surface area contributed by atoms with Crippen LogP contribution in [-0.2, 0) is 6.42 Å². The van der Waals surface area contributed by atoms with E-state index in [9.17, 15) is 4.79 Å². The number of carbonyl (C=O) groups is 1. The first-order chi connectivity index (χ1) is 10.2. The Morgan fingerprint density at radius 1 is 1.29 bits per heavy atom. The van der Waals surface area contributed by atoms with Crippen LogP contribution < -0.4 is 5.73 Å². The summed E-state index contributed by atoms with van der Waals surface area (Å²) in [6.45, 7) is 2.93. The summed E-state index contributed by atoms with van der Waals surface area (Å²) in [5.74, 6) is 1.31. The van der Waals surface area contributed by atoms with Gasteiger partial charge in [-0.1, -0.05) is 19.8 Å². The molecule has 1 saturated carbocycles. The second-order valence-electron chi connectivity index (χ2n) is 6.38. The third-order valence-corrected chi connectivity index (χ3v) is 5.01. The molecule has 21 heavy (non-hydrogen) atoms. The van der Waals surface area contributed by atoms with Gasteiger partial charge in [-0.3, -0.25) is 4.79 Å². The van der Waals surface area contributed by atoms with E-state index in [0.29, 0.717) is 23.3 Å². The number of piperidine rings is 1. The molecule has 2 fully saturated rings. The Kier molecular flexibility index (Phi) is 4.13. The molecule has 3 rings (SSSR count). The predicted octanol–water partition coefficient (Wildman–Crippen LogP) is 3.02. The van der Waals surface area contributed by atoms with Gasteiger partial charge in [0.15, 0.2) is 0 Å². The minimum atomic E-state index is 0.149. The number of nitrogen functional groups attached to an aromatic ring is 1. The average molecular weight is 287 g/mol. The van der Waals surface area contributed by atoms with Crippen LogP contribution in [0.3, 0.4) is 0 Å². The predicted molar refractivity (Wildman–Crippen MR) is 84.0 cm³/mol. The topological polar surface area (TPSA) is 59.2 Å². The molecule has 1 aliphatic carbocycles. The molecule has 1 amide bonds.